The first kappa shape index (κ1) is 16.2. The molecule has 0 aromatic heterocycles. The standard InChI is InChI=1S/C15H27NO3/c1-6-18-14(19-7-2)11-16(5)12-8-13(17)10-15(3,4)9-12/h8,14H,6-7,9-11H2,1-5H3. The Kier molecular flexibility index (Phi) is 6.01. The van der Waals surface area contributed by atoms with Crippen LogP contribution in [0.3, 0.4) is 0 Å². The molecule has 0 amide bonds. The number of nitrogens with zero attached hydrogens (tertiary/aromatic N) is 1. The number of allylic oxidation sites excluding steroid dienone is 2. The lowest BCUT2D eigenvalue weighted by molar-refractivity contribution is -0.143. The summed E-state index contributed by atoms with van der Waals surface area (Å²) in [5.41, 5.74) is 1.12. The Bertz CT molecular complexity index is 330. The summed E-state index contributed by atoms with van der Waals surface area (Å²) in [5.74, 6) is 0.211. The number of likely N-dealkylation sites (N-methyl/N-ethyl adjacent to an activating group) is 1. The Labute approximate surface area is 116 Å². The molecule has 0 spiro atoms. The quantitative estimate of drug-likeness (QED) is 0.666. The van der Waals surface area contributed by atoms with Gasteiger partial charge < -0.3 is 14.4 Å². The molecular weight excluding hydrogens is 242 g/mol. The second-order valence-electron chi connectivity index (χ2n) is 5.84. The first-order valence-corrected chi connectivity index (χ1v) is 7.05. The molecule has 0 unspecified atom stereocenters. The van der Waals surface area contributed by atoms with E-state index in [-0.39, 0.29) is 17.5 Å². The summed E-state index contributed by atoms with van der Waals surface area (Å²) < 4.78 is 11.1. The van der Waals surface area contributed by atoms with E-state index in [1.807, 2.05) is 20.9 Å². The molecule has 0 heterocycles. The van der Waals surface area contributed by atoms with Gasteiger partial charge in [0.25, 0.3) is 0 Å². The zero-order valence-electron chi connectivity index (χ0n) is 12.9. The fraction of sp³-hybridized carbons (Fsp3) is 0.800. The van der Waals surface area contributed by atoms with Gasteiger partial charge in [0.1, 0.15) is 0 Å². The molecule has 1 rings (SSSR count). The molecular formula is C15H27NO3. The van der Waals surface area contributed by atoms with Gasteiger partial charge in [-0.3, -0.25) is 4.79 Å². The fourth-order valence-corrected chi connectivity index (χ4v) is 2.42. The van der Waals surface area contributed by atoms with Crippen LogP contribution in [0.1, 0.15) is 40.5 Å². The van der Waals surface area contributed by atoms with Crippen molar-refractivity contribution < 1.29 is 14.3 Å². The molecule has 0 aliphatic heterocycles. The molecule has 0 aromatic carbocycles. The van der Waals surface area contributed by atoms with E-state index in [1.54, 1.807) is 6.08 Å². The molecule has 0 N–H and O–H groups in total. The van der Waals surface area contributed by atoms with E-state index < -0.39 is 0 Å². The van der Waals surface area contributed by atoms with Crippen molar-refractivity contribution in [3.63, 3.8) is 0 Å². The van der Waals surface area contributed by atoms with E-state index in [2.05, 4.69) is 18.7 Å². The van der Waals surface area contributed by atoms with Gasteiger partial charge in [0.2, 0.25) is 0 Å². The Morgan fingerprint density at radius 3 is 2.32 bits per heavy atom. The van der Waals surface area contributed by atoms with Crippen molar-refractivity contribution in [2.24, 2.45) is 5.41 Å². The van der Waals surface area contributed by atoms with Crippen molar-refractivity contribution in [1.29, 1.82) is 0 Å². The normalized spacial score (nSPS) is 18.6. The first-order chi connectivity index (χ1) is 8.88. The molecule has 0 aromatic rings. The number of carbonyl (C=O) groups excluding carboxylic acids is 1. The maximum absolute atomic E-state index is 11.8. The van der Waals surface area contributed by atoms with Gasteiger partial charge in [-0.2, -0.15) is 0 Å². The zero-order valence-corrected chi connectivity index (χ0v) is 12.9. The molecule has 0 saturated heterocycles. The van der Waals surface area contributed by atoms with Gasteiger partial charge in [-0.1, -0.05) is 13.8 Å². The van der Waals surface area contributed by atoms with Crippen molar-refractivity contribution in [3.8, 4) is 0 Å². The second-order valence-corrected chi connectivity index (χ2v) is 5.84. The minimum Gasteiger partial charge on any atom is -0.373 e. The topological polar surface area (TPSA) is 38.8 Å². The Morgan fingerprint density at radius 1 is 1.26 bits per heavy atom. The van der Waals surface area contributed by atoms with Gasteiger partial charge in [-0.25, -0.2) is 0 Å². The Hall–Kier alpha value is -0.870. The largest absolute Gasteiger partial charge is 0.373 e. The third-order valence-corrected chi connectivity index (χ3v) is 3.26. The van der Waals surface area contributed by atoms with Crippen molar-refractivity contribution in [1.82, 2.24) is 4.90 Å². The van der Waals surface area contributed by atoms with Gasteiger partial charge in [0, 0.05) is 38.5 Å². The lowest BCUT2D eigenvalue weighted by atomic mass is 9.78. The summed E-state index contributed by atoms with van der Waals surface area (Å²) in [4.78, 5) is 13.8. The molecule has 0 fully saturated rings. The molecule has 110 valence electrons. The molecule has 0 atom stereocenters. The summed E-state index contributed by atoms with van der Waals surface area (Å²) in [6, 6.07) is 0. The van der Waals surface area contributed by atoms with Crippen molar-refractivity contribution in [2.75, 3.05) is 26.8 Å². The highest BCUT2D eigenvalue weighted by molar-refractivity contribution is 5.91. The average Bonchev–Trinajstić information content (AvgIpc) is 2.26. The number of hydrogen-bond acceptors (Lipinski definition) is 4. The van der Waals surface area contributed by atoms with Crippen LogP contribution < -0.4 is 0 Å². The van der Waals surface area contributed by atoms with E-state index in [0.717, 1.165) is 12.1 Å². The van der Waals surface area contributed by atoms with Gasteiger partial charge in [0.15, 0.2) is 12.1 Å². The minimum atomic E-state index is -0.235. The van der Waals surface area contributed by atoms with E-state index >= 15 is 0 Å². The van der Waals surface area contributed by atoms with Crippen LogP contribution in [0.4, 0.5) is 0 Å². The van der Waals surface area contributed by atoms with Crippen LogP contribution in [0.15, 0.2) is 11.8 Å². The summed E-state index contributed by atoms with van der Waals surface area (Å²) in [6.07, 6.45) is 3.08. The fourth-order valence-electron chi connectivity index (χ4n) is 2.42. The maximum Gasteiger partial charge on any atom is 0.174 e. The maximum atomic E-state index is 11.8. The van der Waals surface area contributed by atoms with Crippen LogP contribution >= 0.6 is 0 Å². The second kappa shape index (κ2) is 7.06. The van der Waals surface area contributed by atoms with E-state index in [0.29, 0.717) is 26.2 Å². The molecule has 4 heteroatoms. The van der Waals surface area contributed by atoms with Gasteiger partial charge in [-0.05, 0) is 25.7 Å². The number of carbonyl (C=O) groups is 1. The van der Waals surface area contributed by atoms with Gasteiger partial charge in [0.05, 0.1) is 6.54 Å². The summed E-state index contributed by atoms with van der Waals surface area (Å²) in [5, 5.41) is 0. The number of rotatable bonds is 7. The summed E-state index contributed by atoms with van der Waals surface area (Å²) >= 11 is 0. The smallest absolute Gasteiger partial charge is 0.174 e. The SMILES string of the molecule is CCOC(CN(C)C1=CC(=O)CC(C)(C)C1)OCC. The van der Waals surface area contributed by atoms with E-state index in [1.165, 1.54) is 0 Å². The van der Waals surface area contributed by atoms with Crippen molar-refractivity contribution >= 4 is 5.78 Å². The minimum absolute atomic E-state index is 0.0438. The molecule has 19 heavy (non-hydrogen) atoms. The predicted octanol–water partition coefficient (Wildman–Crippen LogP) is 2.59. The highest BCUT2D eigenvalue weighted by Crippen LogP contribution is 2.34. The first-order valence-electron chi connectivity index (χ1n) is 7.05. The molecule has 1 aliphatic rings. The number of ketones is 1. The molecule has 4 nitrogen and oxygen atoms in total. The van der Waals surface area contributed by atoms with Crippen LogP contribution in [-0.2, 0) is 14.3 Å². The highest BCUT2D eigenvalue weighted by Gasteiger charge is 2.29. The van der Waals surface area contributed by atoms with E-state index in [9.17, 15) is 4.79 Å². The third-order valence-electron chi connectivity index (χ3n) is 3.26. The highest BCUT2D eigenvalue weighted by atomic mass is 16.7. The lowest BCUT2D eigenvalue weighted by Gasteiger charge is -2.35. The van der Waals surface area contributed by atoms with Crippen LogP contribution in [0.5, 0.6) is 0 Å². The van der Waals surface area contributed by atoms with Crippen molar-refractivity contribution in [3.05, 3.63) is 11.8 Å². The average molecular weight is 269 g/mol. The number of ether oxygens (including phenoxy) is 2. The van der Waals surface area contributed by atoms with Gasteiger partial charge in [-0.15, -0.1) is 0 Å². The van der Waals surface area contributed by atoms with Crippen LogP contribution in [-0.4, -0.2) is 43.8 Å². The van der Waals surface area contributed by atoms with Crippen LogP contribution in [0.25, 0.3) is 0 Å². The summed E-state index contributed by atoms with van der Waals surface area (Å²) in [6.45, 7) is 10.1. The summed E-state index contributed by atoms with van der Waals surface area (Å²) in [7, 11) is 1.99. The Balaban J connectivity index is 2.65. The predicted molar refractivity (Wildman–Crippen MR) is 75.8 cm³/mol. The molecule has 0 bridgehead atoms. The van der Waals surface area contributed by atoms with Gasteiger partial charge >= 0.3 is 0 Å². The van der Waals surface area contributed by atoms with Crippen LogP contribution in [0.2, 0.25) is 0 Å². The monoisotopic (exact) mass is 269 g/mol. The zero-order chi connectivity index (χ0) is 14.5. The molecule has 1 aliphatic carbocycles. The Morgan fingerprint density at radius 2 is 1.84 bits per heavy atom. The molecule has 0 saturated carbocycles. The number of hydrogen-bond donors (Lipinski definition) is 0. The third kappa shape index (κ3) is 5.33. The van der Waals surface area contributed by atoms with Crippen LogP contribution in [0, 0.1) is 5.41 Å². The lowest BCUT2D eigenvalue weighted by Crippen LogP contribution is -2.36. The molecule has 0 radical (unpaired) electrons. The van der Waals surface area contributed by atoms with Crippen molar-refractivity contribution in [2.45, 2.75) is 46.8 Å². The van der Waals surface area contributed by atoms with E-state index in [4.69, 9.17) is 9.47 Å².